The van der Waals surface area contributed by atoms with E-state index in [0.717, 1.165) is 38.2 Å². The van der Waals surface area contributed by atoms with Crippen molar-refractivity contribution in [2.24, 2.45) is 5.92 Å². The quantitative estimate of drug-likeness (QED) is 0.845. The Bertz CT molecular complexity index is 594. The Kier molecular flexibility index (Phi) is 4.46. The molecule has 2 atom stereocenters. The number of nitrogens with zero attached hydrogens (tertiary/aromatic N) is 2. The zero-order chi connectivity index (χ0) is 16.4. The Morgan fingerprint density at radius 1 is 1.30 bits per heavy atom. The van der Waals surface area contributed by atoms with Gasteiger partial charge in [-0.3, -0.25) is 9.89 Å². The van der Waals surface area contributed by atoms with E-state index in [0.29, 0.717) is 18.8 Å². The third kappa shape index (κ3) is 3.59. The van der Waals surface area contributed by atoms with E-state index < -0.39 is 11.9 Å². The summed E-state index contributed by atoms with van der Waals surface area (Å²) in [6.45, 7) is 1.16. The van der Waals surface area contributed by atoms with E-state index in [9.17, 15) is 18.0 Å². The summed E-state index contributed by atoms with van der Waals surface area (Å²) in [5.74, 6) is 0.0521. The molecule has 126 valence electrons. The highest BCUT2D eigenvalue weighted by molar-refractivity contribution is 5.79. The van der Waals surface area contributed by atoms with Gasteiger partial charge >= 0.3 is 6.18 Å². The normalized spacial score (nSPS) is 25.6. The first kappa shape index (κ1) is 16.1. The number of carbonyl (C=O) groups excluding carboxylic acids is 1. The van der Waals surface area contributed by atoms with Crippen molar-refractivity contribution in [1.82, 2.24) is 15.1 Å². The van der Waals surface area contributed by atoms with Crippen LogP contribution in [0.4, 0.5) is 13.2 Å². The molecular formula is C16H20F3N3O. The molecule has 1 amide bonds. The van der Waals surface area contributed by atoms with Gasteiger partial charge in [-0.2, -0.15) is 18.3 Å². The number of piperidine rings is 1. The van der Waals surface area contributed by atoms with E-state index in [1.54, 1.807) is 0 Å². The fourth-order valence-corrected chi connectivity index (χ4v) is 3.40. The molecule has 2 heterocycles. The van der Waals surface area contributed by atoms with Gasteiger partial charge in [-0.1, -0.05) is 12.2 Å². The number of aromatic nitrogens is 2. The van der Waals surface area contributed by atoms with Crippen molar-refractivity contribution < 1.29 is 18.0 Å². The Hall–Kier alpha value is -1.79. The number of nitrogens with one attached hydrogen (secondary N) is 1. The monoisotopic (exact) mass is 327 g/mol. The number of halogens is 3. The van der Waals surface area contributed by atoms with Crippen LogP contribution in [0.2, 0.25) is 0 Å². The summed E-state index contributed by atoms with van der Waals surface area (Å²) in [6, 6.07) is 1.07. The molecule has 3 rings (SSSR count). The molecule has 0 unspecified atom stereocenters. The van der Waals surface area contributed by atoms with Crippen LogP contribution in [0.1, 0.15) is 49.4 Å². The van der Waals surface area contributed by atoms with Crippen molar-refractivity contribution in [3.63, 3.8) is 0 Å². The van der Waals surface area contributed by atoms with Crippen molar-refractivity contribution in [2.75, 3.05) is 13.1 Å². The van der Waals surface area contributed by atoms with Crippen LogP contribution in [0, 0.1) is 5.92 Å². The molecular weight excluding hydrogens is 307 g/mol. The van der Waals surface area contributed by atoms with E-state index in [4.69, 9.17) is 0 Å². The second-order valence-electron chi connectivity index (χ2n) is 6.31. The van der Waals surface area contributed by atoms with Crippen LogP contribution in [-0.4, -0.2) is 34.1 Å². The summed E-state index contributed by atoms with van der Waals surface area (Å²) in [7, 11) is 0. The summed E-state index contributed by atoms with van der Waals surface area (Å²) in [6.07, 6.45) is 3.81. The van der Waals surface area contributed by atoms with E-state index in [2.05, 4.69) is 16.3 Å². The molecule has 0 saturated carbocycles. The Morgan fingerprint density at radius 3 is 2.78 bits per heavy atom. The molecule has 1 fully saturated rings. The maximum atomic E-state index is 12.7. The summed E-state index contributed by atoms with van der Waals surface area (Å²) in [5.41, 5.74) is -0.424. The number of aromatic amines is 1. The molecule has 7 heteroatoms. The number of rotatable bonds is 2. The fourth-order valence-electron chi connectivity index (χ4n) is 3.40. The van der Waals surface area contributed by atoms with Crippen LogP contribution in [0.3, 0.4) is 0 Å². The Morgan fingerprint density at radius 2 is 2.13 bits per heavy atom. The first-order valence-corrected chi connectivity index (χ1v) is 8.01. The fraction of sp³-hybridized carbons (Fsp3) is 0.625. The summed E-state index contributed by atoms with van der Waals surface area (Å²) < 4.78 is 38.0. The van der Waals surface area contributed by atoms with Crippen LogP contribution >= 0.6 is 0 Å². The van der Waals surface area contributed by atoms with E-state index in [1.807, 2.05) is 11.0 Å². The van der Waals surface area contributed by atoms with Crippen molar-refractivity contribution in [1.29, 1.82) is 0 Å². The Labute approximate surface area is 132 Å². The zero-order valence-corrected chi connectivity index (χ0v) is 12.8. The number of H-pyrrole nitrogens is 1. The SMILES string of the molecule is O=C([C@H]1CC=CCC1)N1CCC[C@H](c2cc(C(F)(F)F)n[nH]2)C1. The lowest BCUT2D eigenvalue weighted by Gasteiger charge is -2.35. The second kappa shape index (κ2) is 6.37. The van der Waals surface area contributed by atoms with Gasteiger partial charge in [-0.25, -0.2) is 0 Å². The standard InChI is InChI=1S/C16H20F3N3O/c17-16(18,19)14-9-13(20-21-14)12-7-4-8-22(10-12)15(23)11-5-2-1-3-6-11/h1-2,9,11-12H,3-8,10H2,(H,20,21)/t11-,12-/m0/s1. The number of likely N-dealkylation sites (tertiary alicyclic amines) is 1. The number of alkyl halides is 3. The molecule has 1 aliphatic carbocycles. The molecule has 1 saturated heterocycles. The highest BCUT2D eigenvalue weighted by atomic mass is 19.4. The minimum Gasteiger partial charge on any atom is -0.342 e. The molecule has 1 N–H and O–H groups in total. The van der Waals surface area contributed by atoms with Gasteiger partial charge in [0.15, 0.2) is 5.69 Å². The average Bonchev–Trinajstić information content (AvgIpc) is 3.05. The molecule has 23 heavy (non-hydrogen) atoms. The predicted molar refractivity (Wildman–Crippen MR) is 78.6 cm³/mol. The number of amides is 1. The molecule has 1 aliphatic heterocycles. The lowest BCUT2D eigenvalue weighted by atomic mass is 9.90. The minimum atomic E-state index is -4.44. The molecule has 1 aromatic heterocycles. The third-order valence-electron chi connectivity index (χ3n) is 4.68. The van der Waals surface area contributed by atoms with Crippen molar-refractivity contribution in [2.45, 2.75) is 44.2 Å². The van der Waals surface area contributed by atoms with E-state index in [1.165, 1.54) is 0 Å². The van der Waals surface area contributed by atoms with Crippen LogP contribution in [0.5, 0.6) is 0 Å². The number of hydrogen-bond acceptors (Lipinski definition) is 2. The number of hydrogen-bond donors (Lipinski definition) is 1. The highest BCUT2D eigenvalue weighted by Crippen LogP contribution is 2.33. The lowest BCUT2D eigenvalue weighted by Crippen LogP contribution is -2.42. The largest absolute Gasteiger partial charge is 0.435 e. The Balaban J connectivity index is 1.67. The third-order valence-corrected chi connectivity index (χ3v) is 4.68. The first-order chi connectivity index (χ1) is 10.9. The van der Waals surface area contributed by atoms with Crippen molar-refractivity contribution in [3.8, 4) is 0 Å². The van der Waals surface area contributed by atoms with Gasteiger partial charge in [-0.05, 0) is 38.2 Å². The van der Waals surface area contributed by atoms with Crippen LogP contribution < -0.4 is 0 Å². The lowest BCUT2D eigenvalue weighted by molar-refractivity contribution is -0.141. The van der Waals surface area contributed by atoms with Gasteiger partial charge in [-0.15, -0.1) is 0 Å². The van der Waals surface area contributed by atoms with Gasteiger partial charge < -0.3 is 4.90 Å². The predicted octanol–water partition coefficient (Wildman–Crippen LogP) is 3.49. The van der Waals surface area contributed by atoms with Crippen LogP contribution in [-0.2, 0) is 11.0 Å². The topological polar surface area (TPSA) is 49.0 Å². The maximum Gasteiger partial charge on any atom is 0.435 e. The highest BCUT2D eigenvalue weighted by Gasteiger charge is 2.36. The molecule has 0 aromatic carbocycles. The molecule has 0 radical (unpaired) electrons. The van der Waals surface area contributed by atoms with E-state index >= 15 is 0 Å². The van der Waals surface area contributed by atoms with Crippen molar-refractivity contribution >= 4 is 5.91 Å². The van der Waals surface area contributed by atoms with Crippen LogP contribution in [0.25, 0.3) is 0 Å². The second-order valence-corrected chi connectivity index (χ2v) is 6.31. The van der Waals surface area contributed by atoms with Crippen molar-refractivity contribution in [3.05, 3.63) is 29.6 Å². The average molecular weight is 327 g/mol. The first-order valence-electron chi connectivity index (χ1n) is 8.01. The van der Waals surface area contributed by atoms with Gasteiger partial charge in [0.05, 0.1) is 0 Å². The maximum absolute atomic E-state index is 12.7. The number of allylic oxidation sites excluding steroid dienone is 2. The van der Waals surface area contributed by atoms with Gasteiger partial charge in [0.25, 0.3) is 0 Å². The summed E-state index contributed by atoms with van der Waals surface area (Å²) in [5, 5.41) is 5.86. The molecule has 0 spiro atoms. The van der Waals surface area contributed by atoms with Gasteiger partial charge in [0, 0.05) is 30.6 Å². The van der Waals surface area contributed by atoms with Gasteiger partial charge in [0.1, 0.15) is 0 Å². The molecule has 0 bridgehead atoms. The van der Waals surface area contributed by atoms with E-state index in [-0.39, 0.29) is 17.7 Å². The van der Waals surface area contributed by atoms with Gasteiger partial charge in [0.2, 0.25) is 5.91 Å². The summed E-state index contributed by atoms with van der Waals surface area (Å²) in [4.78, 5) is 14.4. The number of carbonyl (C=O) groups is 1. The molecule has 2 aliphatic rings. The smallest absolute Gasteiger partial charge is 0.342 e. The van der Waals surface area contributed by atoms with Crippen LogP contribution in [0.15, 0.2) is 18.2 Å². The molecule has 4 nitrogen and oxygen atoms in total. The zero-order valence-electron chi connectivity index (χ0n) is 12.8. The minimum absolute atomic E-state index is 0.0197. The molecule has 1 aromatic rings. The summed E-state index contributed by atoms with van der Waals surface area (Å²) >= 11 is 0.